The predicted octanol–water partition coefficient (Wildman–Crippen LogP) is 1.94. The van der Waals surface area contributed by atoms with Crippen LogP contribution in [0.2, 0.25) is 0 Å². The van der Waals surface area contributed by atoms with Gasteiger partial charge in [0.25, 0.3) is 5.91 Å². The lowest BCUT2D eigenvalue weighted by atomic mass is 10.1. The van der Waals surface area contributed by atoms with Crippen LogP contribution in [0.1, 0.15) is 15.9 Å². The van der Waals surface area contributed by atoms with E-state index in [0.29, 0.717) is 17.8 Å². The summed E-state index contributed by atoms with van der Waals surface area (Å²) in [5.74, 6) is 0.591. The Kier molecular flexibility index (Phi) is 4.20. The molecule has 104 valence electrons. The van der Waals surface area contributed by atoms with E-state index in [2.05, 4.69) is 4.98 Å². The number of nitrogen functional groups attached to an aromatic ring is 1. The van der Waals surface area contributed by atoms with Gasteiger partial charge in [0, 0.05) is 37.2 Å². The highest BCUT2D eigenvalue weighted by atomic mass is 16.5. The van der Waals surface area contributed by atoms with E-state index in [9.17, 15) is 4.79 Å². The summed E-state index contributed by atoms with van der Waals surface area (Å²) in [5, 5.41) is 0. The van der Waals surface area contributed by atoms with Crippen molar-refractivity contribution in [2.75, 3.05) is 19.9 Å². The summed E-state index contributed by atoms with van der Waals surface area (Å²) in [5.41, 5.74) is 7.57. The zero-order chi connectivity index (χ0) is 14.5. The Morgan fingerprint density at radius 2 is 2.10 bits per heavy atom. The zero-order valence-corrected chi connectivity index (χ0v) is 11.5. The molecule has 0 fully saturated rings. The first-order valence-corrected chi connectivity index (χ1v) is 6.20. The first kappa shape index (κ1) is 13.9. The number of pyridine rings is 1. The fourth-order valence-corrected chi connectivity index (χ4v) is 1.95. The van der Waals surface area contributed by atoms with E-state index in [1.807, 2.05) is 24.3 Å². The molecule has 2 N–H and O–H groups in total. The predicted molar refractivity (Wildman–Crippen MR) is 77.4 cm³/mol. The summed E-state index contributed by atoms with van der Waals surface area (Å²) in [6.07, 6.45) is 3.04. The normalized spacial score (nSPS) is 10.1. The molecule has 1 heterocycles. The van der Waals surface area contributed by atoms with Gasteiger partial charge in [-0.15, -0.1) is 0 Å². The number of carbonyl (C=O) groups is 1. The molecule has 1 aromatic carbocycles. The van der Waals surface area contributed by atoms with Crippen molar-refractivity contribution in [2.45, 2.75) is 6.54 Å². The molecule has 1 aromatic heterocycles. The molecule has 1 amide bonds. The molecule has 0 spiro atoms. The minimum absolute atomic E-state index is 0.165. The number of methoxy groups -OCH3 is 1. The number of hydrogen-bond acceptors (Lipinski definition) is 4. The van der Waals surface area contributed by atoms with E-state index in [1.165, 1.54) is 6.20 Å². The Hall–Kier alpha value is -2.56. The summed E-state index contributed by atoms with van der Waals surface area (Å²) in [4.78, 5) is 17.9. The lowest BCUT2D eigenvalue weighted by Crippen LogP contribution is -2.27. The van der Waals surface area contributed by atoms with Gasteiger partial charge in [-0.25, -0.2) is 0 Å². The fraction of sp³-hybridized carbons (Fsp3) is 0.200. The number of nitrogens with two attached hydrogens (primary N) is 1. The number of ether oxygens (including phenoxy) is 1. The lowest BCUT2D eigenvalue weighted by molar-refractivity contribution is 0.0785. The molecule has 2 rings (SSSR count). The van der Waals surface area contributed by atoms with Gasteiger partial charge in [-0.3, -0.25) is 9.78 Å². The maximum absolute atomic E-state index is 12.3. The average Bonchev–Trinajstić information content (AvgIpc) is 2.47. The third kappa shape index (κ3) is 2.88. The molecule has 0 bridgehead atoms. The number of carbonyl (C=O) groups excluding carboxylic acids is 1. The van der Waals surface area contributed by atoms with Gasteiger partial charge in [-0.05, 0) is 12.1 Å². The molecule has 0 unspecified atom stereocenters. The van der Waals surface area contributed by atoms with Crippen molar-refractivity contribution in [2.24, 2.45) is 0 Å². The Bertz CT molecular complexity index is 614. The topological polar surface area (TPSA) is 68.5 Å². The van der Waals surface area contributed by atoms with Crippen molar-refractivity contribution in [1.29, 1.82) is 0 Å². The van der Waals surface area contributed by atoms with Crippen molar-refractivity contribution in [3.05, 3.63) is 53.9 Å². The van der Waals surface area contributed by atoms with Crippen LogP contribution < -0.4 is 10.5 Å². The molecule has 5 nitrogen and oxygen atoms in total. The largest absolute Gasteiger partial charge is 0.496 e. The Morgan fingerprint density at radius 3 is 2.80 bits per heavy atom. The molecule has 5 heteroatoms. The SMILES string of the molecule is COc1ccccc1CN(C)C(=O)c1cnccc1N. The van der Waals surface area contributed by atoms with Crippen molar-refractivity contribution in [1.82, 2.24) is 9.88 Å². The van der Waals surface area contributed by atoms with E-state index < -0.39 is 0 Å². The third-order valence-corrected chi connectivity index (χ3v) is 3.03. The highest BCUT2D eigenvalue weighted by Gasteiger charge is 2.16. The van der Waals surface area contributed by atoms with E-state index in [-0.39, 0.29) is 5.91 Å². The molecule has 0 radical (unpaired) electrons. The lowest BCUT2D eigenvalue weighted by Gasteiger charge is -2.19. The highest BCUT2D eigenvalue weighted by molar-refractivity contribution is 5.98. The second-order valence-corrected chi connectivity index (χ2v) is 4.44. The smallest absolute Gasteiger partial charge is 0.257 e. The van der Waals surface area contributed by atoms with Crippen LogP contribution in [0.4, 0.5) is 5.69 Å². The van der Waals surface area contributed by atoms with Gasteiger partial charge in [0.1, 0.15) is 5.75 Å². The number of nitrogens with zero attached hydrogens (tertiary/aromatic N) is 2. The van der Waals surface area contributed by atoms with Gasteiger partial charge in [-0.2, -0.15) is 0 Å². The molecule has 0 aliphatic rings. The molecular weight excluding hydrogens is 254 g/mol. The van der Waals surface area contributed by atoms with E-state index >= 15 is 0 Å². The maximum atomic E-state index is 12.3. The minimum Gasteiger partial charge on any atom is -0.496 e. The number of para-hydroxylation sites is 1. The first-order chi connectivity index (χ1) is 9.63. The number of aromatic nitrogens is 1. The number of benzene rings is 1. The summed E-state index contributed by atoms with van der Waals surface area (Å²) < 4.78 is 5.28. The molecular formula is C15H17N3O2. The van der Waals surface area contributed by atoms with Crippen LogP contribution in [0.5, 0.6) is 5.75 Å². The van der Waals surface area contributed by atoms with Crippen molar-refractivity contribution in [3.8, 4) is 5.75 Å². The average molecular weight is 271 g/mol. The minimum atomic E-state index is -0.165. The van der Waals surface area contributed by atoms with Gasteiger partial charge in [0.05, 0.1) is 12.7 Å². The van der Waals surface area contributed by atoms with Crippen LogP contribution in [0, 0.1) is 0 Å². The molecule has 0 atom stereocenters. The molecule has 0 aliphatic carbocycles. The first-order valence-electron chi connectivity index (χ1n) is 6.20. The van der Waals surface area contributed by atoms with Crippen LogP contribution in [-0.4, -0.2) is 29.9 Å². The molecule has 0 saturated heterocycles. The second kappa shape index (κ2) is 6.06. The number of rotatable bonds is 4. The van der Waals surface area contributed by atoms with E-state index in [1.54, 1.807) is 31.3 Å². The van der Waals surface area contributed by atoms with Crippen molar-refractivity contribution >= 4 is 11.6 Å². The number of anilines is 1. The van der Waals surface area contributed by atoms with Gasteiger partial charge in [-0.1, -0.05) is 18.2 Å². The quantitative estimate of drug-likeness (QED) is 0.922. The van der Waals surface area contributed by atoms with Crippen LogP contribution >= 0.6 is 0 Å². The van der Waals surface area contributed by atoms with Gasteiger partial charge >= 0.3 is 0 Å². The molecule has 0 saturated carbocycles. The zero-order valence-electron chi connectivity index (χ0n) is 11.5. The Morgan fingerprint density at radius 1 is 1.35 bits per heavy atom. The molecule has 2 aromatic rings. The summed E-state index contributed by atoms with van der Waals surface area (Å²) >= 11 is 0. The summed E-state index contributed by atoms with van der Waals surface area (Å²) in [7, 11) is 3.33. The number of hydrogen-bond donors (Lipinski definition) is 1. The van der Waals surface area contributed by atoms with Crippen LogP contribution in [-0.2, 0) is 6.54 Å². The van der Waals surface area contributed by atoms with Crippen LogP contribution in [0.25, 0.3) is 0 Å². The van der Waals surface area contributed by atoms with Gasteiger partial charge < -0.3 is 15.4 Å². The fourth-order valence-electron chi connectivity index (χ4n) is 1.95. The summed E-state index contributed by atoms with van der Waals surface area (Å²) in [6, 6.07) is 9.21. The van der Waals surface area contributed by atoms with E-state index in [0.717, 1.165) is 11.3 Å². The molecule has 0 aliphatic heterocycles. The third-order valence-electron chi connectivity index (χ3n) is 3.03. The second-order valence-electron chi connectivity index (χ2n) is 4.44. The Labute approximate surface area is 118 Å². The standard InChI is InChI=1S/C15H17N3O2/c1-18(10-11-5-3-4-6-14(11)20-2)15(19)12-9-17-8-7-13(12)16/h3-9H,10H2,1-2H3,(H2,16,17). The van der Waals surface area contributed by atoms with Crippen molar-refractivity contribution < 1.29 is 9.53 Å². The molecule has 20 heavy (non-hydrogen) atoms. The maximum Gasteiger partial charge on any atom is 0.257 e. The van der Waals surface area contributed by atoms with E-state index in [4.69, 9.17) is 10.5 Å². The van der Waals surface area contributed by atoms with Gasteiger partial charge in [0.15, 0.2) is 0 Å². The van der Waals surface area contributed by atoms with Crippen LogP contribution in [0.15, 0.2) is 42.7 Å². The van der Waals surface area contributed by atoms with Gasteiger partial charge in [0.2, 0.25) is 0 Å². The Balaban J connectivity index is 2.18. The van der Waals surface area contributed by atoms with Crippen LogP contribution in [0.3, 0.4) is 0 Å². The summed E-state index contributed by atoms with van der Waals surface area (Å²) in [6.45, 7) is 0.442. The monoisotopic (exact) mass is 271 g/mol. The number of amides is 1. The highest BCUT2D eigenvalue weighted by Crippen LogP contribution is 2.20. The van der Waals surface area contributed by atoms with Crippen molar-refractivity contribution in [3.63, 3.8) is 0 Å².